The van der Waals surface area contributed by atoms with Crippen molar-refractivity contribution in [1.82, 2.24) is 9.88 Å². The van der Waals surface area contributed by atoms with Crippen molar-refractivity contribution in [3.63, 3.8) is 0 Å². The van der Waals surface area contributed by atoms with E-state index in [0.717, 1.165) is 11.3 Å². The van der Waals surface area contributed by atoms with Gasteiger partial charge in [-0.15, -0.1) is 0 Å². The first-order valence-corrected chi connectivity index (χ1v) is 9.03. The molecule has 0 bridgehead atoms. The molecule has 2 aromatic rings. The Balaban J connectivity index is 1.95. The molecule has 5 nitrogen and oxygen atoms in total. The minimum absolute atomic E-state index is 0.0158. The molecule has 140 valence electrons. The number of benzene rings is 1. The Morgan fingerprint density at radius 3 is 2.65 bits per heavy atom. The monoisotopic (exact) mass is 376 g/mol. The van der Waals surface area contributed by atoms with Crippen LogP contribution in [0, 0.1) is 6.92 Å². The number of carbonyl (C=O) groups excluding carboxylic acids is 2. The Labute approximate surface area is 159 Å². The summed E-state index contributed by atoms with van der Waals surface area (Å²) in [6, 6.07) is 7.22. The van der Waals surface area contributed by atoms with Gasteiger partial charge in [-0.25, -0.2) is 0 Å². The molecule has 0 spiro atoms. The first-order valence-electron chi connectivity index (χ1n) is 8.66. The number of H-pyrrole nitrogens is 1. The third kappa shape index (κ3) is 4.96. The smallest absolute Gasteiger partial charge is 0.193 e. The molecule has 0 radical (unpaired) electrons. The molecular formula is C20H25ClN2O3. The summed E-state index contributed by atoms with van der Waals surface area (Å²) >= 11 is 5.93. The van der Waals surface area contributed by atoms with Gasteiger partial charge in [0.1, 0.15) is 12.4 Å². The van der Waals surface area contributed by atoms with Crippen molar-refractivity contribution in [3.05, 3.63) is 51.8 Å². The number of nitrogens with one attached hydrogen (secondary N) is 1. The topological polar surface area (TPSA) is 62.4 Å². The highest BCUT2D eigenvalue weighted by Gasteiger charge is 2.22. The van der Waals surface area contributed by atoms with Crippen molar-refractivity contribution in [2.45, 2.75) is 27.2 Å². The summed E-state index contributed by atoms with van der Waals surface area (Å²) in [6.45, 7) is 6.61. The molecule has 0 unspecified atom stereocenters. The maximum Gasteiger partial charge on any atom is 0.193 e. The van der Waals surface area contributed by atoms with Crippen molar-refractivity contribution in [3.8, 4) is 5.75 Å². The molecule has 2 rings (SSSR count). The van der Waals surface area contributed by atoms with Gasteiger partial charge in [-0.3, -0.25) is 14.5 Å². The molecule has 0 atom stereocenters. The second kappa shape index (κ2) is 9.01. The van der Waals surface area contributed by atoms with Gasteiger partial charge in [-0.1, -0.05) is 24.6 Å². The summed E-state index contributed by atoms with van der Waals surface area (Å²) in [5.74, 6) is 0.664. The van der Waals surface area contributed by atoms with Crippen LogP contribution in [0.4, 0.5) is 0 Å². The van der Waals surface area contributed by atoms with Crippen LogP contribution < -0.4 is 4.74 Å². The Bertz CT molecular complexity index is 798. The lowest BCUT2D eigenvalue weighted by Crippen LogP contribution is -2.30. The van der Waals surface area contributed by atoms with Crippen molar-refractivity contribution in [2.24, 2.45) is 0 Å². The minimum Gasteiger partial charge on any atom is -0.492 e. The third-order valence-corrected chi connectivity index (χ3v) is 4.46. The second-order valence-electron chi connectivity index (χ2n) is 6.36. The molecule has 0 saturated carbocycles. The van der Waals surface area contributed by atoms with E-state index in [-0.39, 0.29) is 18.1 Å². The van der Waals surface area contributed by atoms with E-state index in [0.29, 0.717) is 41.6 Å². The molecule has 1 aromatic carbocycles. The minimum atomic E-state index is -0.0253. The molecule has 0 fully saturated rings. The Morgan fingerprint density at radius 2 is 2.04 bits per heavy atom. The van der Waals surface area contributed by atoms with Crippen LogP contribution in [0.1, 0.15) is 46.0 Å². The lowest BCUT2D eigenvalue weighted by molar-refractivity contribution is 0.0932. The van der Waals surface area contributed by atoms with Gasteiger partial charge in [-0.2, -0.15) is 0 Å². The normalized spacial score (nSPS) is 11.0. The SMILES string of the molecule is CCc1c(C(=O)CN(C)CCOc2cccc(Cl)c2)[nH]c(C)c1C(C)=O. The molecule has 1 N–H and O–H groups in total. The number of aromatic amines is 1. The summed E-state index contributed by atoms with van der Waals surface area (Å²) in [7, 11) is 1.87. The zero-order valence-electron chi connectivity index (χ0n) is 15.7. The molecule has 0 aliphatic carbocycles. The number of ether oxygens (including phenoxy) is 1. The Hall–Kier alpha value is -2.11. The highest BCUT2D eigenvalue weighted by molar-refractivity contribution is 6.30. The Morgan fingerprint density at radius 1 is 1.31 bits per heavy atom. The maximum absolute atomic E-state index is 12.7. The van der Waals surface area contributed by atoms with Gasteiger partial charge in [0.05, 0.1) is 12.2 Å². The van der Waals surface area contributed by atoms with Crippen LogP contribution >= 0.6 is 11.6 Å². The number of ketones is 2. The van der Waals surface area contributed by atoms with E-state index in [2.05, 4.69) is 4.98 Å². The third-order valence-electron chi connectivity index (χ3n) is 4.23. The highest BCUT2D eigenvalue weighted by atomic mass is 35.5. The van der Waals surface area contributed by atoms with E-state index in [4.69, 9.17) is 16.3 Å². The number of halogens is 1. The number of aryl methyl sites for hydroxylation is 1. The van der Waals surface area contributed by atoms with Crippen molar-refractivity contribution in [2.75, 3.05) is 26.7 Å². The predicted molar refractivity (Wildman–Crippen MR) is 104 cm³/mol. The fraction of sp³-hybridized carbons (Fsp3) is 0.400. The molecule has 0 aliphatic rings. The summed E-state index contributed by atoms with van der Waals surface area (Å²) in [5, 5.41) is 0.626. The average Bonchev–Trinajstić information content (AvgIpc) is 2.91. The highest BCUT2D eigenvalue weighted by Crippen LogP contribution is 2.21. The van der Waals surface area contributed by atoms with Crippen LogP contribution in [-0.4, -0.2) is 48.2 Å². The standard InChI is InChI=1S/C20H25ClN2O3/c1-5-17-19(14(3)24)13(2)22-20(17)18(25)12-23(4)9-10-26-16-8-6-7-15(21)11-16/h6-8,11,22H,5,9-10,12H2,1-4H3. The first kappa shape index (κ1) is 20.2. The fourth-order valence-corrected chi connectivity index (χ4v) is 3.20. The van der Waals surface area contributed by atoms with E-state index in [9.17, 15) is 9.59 Å². The Kier molecular flexibility index (Phi) is 7.00. The van der Waals surface area contributed by atoms with Gasteiger partial charge in [0.25, 0.3) is 0 Å². The van der Waals surface area contributed by atoms with Crippen molar-refractivity contribution < 1.29 is 14.3 Å². The van der Waals surface area contributed by atoms with Crippen LogP contribution in [0.15, 0.2) is 24.3 Å². The number of hydrogen-bond acceptors (Lipinski definition) is 4. The van der Waals surface area contributed by atoms with E-state index in [1.807, 2.05) is 37.9 Å². The molecule has 6 heteroatoms. The second-order valence-corrected chi connectivity index (χ2v) is 6.79. The number of likely N-dealkylation sites (N-methyl/N-ethyl adjacent to an activating group) is 1. The van der Waals surface area contributed by atoms with Gasteiger partial charge < -0.3 is 9.72 Å². The van der Waals surface area contributed by atoms with E-state index >= 15 is 0 Å². The van der Waals surface area contributed by atoms with E-state index in [1.54, 1.807) is 12.1 Å². The summed E-state index contributed by atoms with van der Waals surface area (Å²) in [5.41, 5.74) is 2.74. The van der Waals surface area contributed by atoms with Crippen molar-refractivity contribution in [1.29, 1.82) is 0 Å². The quantitative estimate of drug-likeness (QED) is 0.673. The van der Waals surface area contributed by atoms with Crippen LogP contribution in [0.3, 0.4) is 0 Å². The van der Waals surface area contributed by atoms with Crippen LogP contribution in [0.2, 0.25) is 5.02 Å². The molecule has 26 heavy (non-hydrogen) atoms. The van der Waals surface area contributed by atoms with Crippen LogP contribution in [-0.2, 0) is 6.42 Å². The number of aromatic nitrogens is 1. The van der Waals surface area contributed by atoms with Crippen molar-refractivity contribution >= 4 is 23.2 Å². The van der Waals surface area contributed by atoms with Crippen LogP contribution in [0.5, 0.6) is 5.75 Å². The zero-order valence-corrected chi connectivity index (χ0v) is 16.4. The number of nitrogens with zero attached hydrogens (tertiary/aromatic N) is 1. The largest absolute Gasteiger partial charge is 0.492 e. The van der Waals surface area contributed by atoms with E-state index < -0.39 is 0 Å². The van der Waals surface area contributed by atoms with Crippen LogP contribution in [0.25, 0.3) is 0 Å². The van der Waals surface area contributed by atoms with Gasteiger partial charge >= 0.3 is 0 Å². The van der Waals surface area contributed by atoms with Gasteiger partial charge in [0.2, 0.25) is 0 Å². The molecule has 0 saturated heterocycles. The summed E-state index contributed by atoms with van der Waals surface area (Å²) in [4.78, 5) is 29.5. The predicted octanol–water partition coefficient (Wildman–Crippen LogP) is 3.94. The number of rotatable bonds is 9. The molecule has 1 aromatic heterocycles. The van der Waals surface area contributed by atoms with Gasteiger partial charge in [-0.05, 0) is 51.1 Å². The molecule has 0 aliphatic heterocycles. The summed E-state index contributed by atoms with van der Waals surface area (Å²) < 4.78 is 5.65. The molecular weight excluding hydrogens is 352 g/mol. The average molecular weight is 377 g/mol. The van der Waals surface area contributed by atoms with E-state index in [1.165, 1.54) is 6.92 Å². The first-order chi connectivity index (χ1) is 12.3. The number of carbonyl (C=O) groups is 2. The lowest BCUT2D eigenvalue weighted by Gasteiger charge is -2.16. The maximum atomic E-state index is 12.7. The molecule has 0 amide bonds. The summed E-state index contributed by atoms with van der Waals surface area (Å²) in [6.07, 6.45) is 0.641. The van der Waals surface area contributed by atoms with Gasteiger partial charge in [0.15, 0.2) is 11.6 Å². The zero-order chi connectivity index (χ0) is 19.3. The number of Topliss-reactive ketones (excluding diaryl/α,β-unsaturated/α-hetero) is 2. The van der Waals surface area contributed by atoms with Gasteiger partial charge in [0, 0.05) is 22.8 Å². The number of hydrogen-bond donors (Lipinski definition) is 1. The lowest BCUT2D eigenvalue weighted by atomic mass is 10.0. The molecule has 1 heterocycles. The fourth-order valence-electron chi connectivity index (χ4n) is 3.02.